The van der Waals surface area contributed by atoms with Crippen molar-refractivity contribution in [3.05, 3.63) is 63.7 Å². The predicted molar refractivity (Wildman–Crippen MR) is 119 cm³/mol. The van der Waals surface area contributed by atoms with Gasteiger partial charge in [0.05, 0.1) is 17.6 Å². The van der Waals surface area contributed by atoms with Crippen LogP contribution in [-0.4, -0.2) is 68.9 Å². The molecule has 17 heteroatoms. The number of carbonyl (C=O) groups is 1. The smallest absolute Gasteiger partial charge is 0.389 e. The van der Waals surface area contributed by atoms with E-state index in [2.05, 4.69) is 4.98 Å². The Kier molecular flexibility index (Phi) is 7.03. The minimum Gasteiger partial charge on any atom is -0.389 e. The van der Waals surface area contributed by atoms with Crippen LogP contribution in [0.2, 0.25) is 0 Å². The van der Waals surface area contributed by atoms with Gasteiger partial charge in [-0.1, -0.05) is 0 Å². The number of halogens is 9. The summed E-state index contributed by atoms with van der Waals surface area (Å²) in [6.45, 7) is -0.717. The maximum absolute atomic E-state index is 14.8. The van der Waals surface area contributed by atoms with E-state index in [0.717, 1.165) is 17.4 Å². The number of hydrogen-bond donors (Lipinski definition) is 3. The van der Waals surface area contributed by atoms with Gasteiger partial charge in [0.25, 0.3) is 5.91 Å². The molecular formula is C23H17F9N4O4. The van der Waals surface area contributed by atoms with Crippen molar-refractivity contribution in [3.63, 3.8) is 0 Å². The van der Waals surface area contributed by atoms with E-state index in [1.807, 2.05) is 0 Å². The molecule has 216 valence electrons. The number of aliphatic hydroxyl groups excluding tert-OH is 2. The summed E-state index contributed by atoms with van der Waals surface area (Å²) in [5, 5.41) is 19.7. The van der Waals surface area contributed by atoms with Crippen LogP contribution in [-0.2, 0) is 0 Å². The zero-order chi connectivity index (χ0) is 29.9. The molecule has 1 fully saturated rings. The van der Waals surface area contributed by atoms with Crippen molar-refractivity contribution in [3.8, 4) is 5.69 Å². The van der Waals surface area contributed by atoms with Gasteiger partial charge in [-0.2, -0.15) is 26.3 Å². The van der Waals surface area contributed by atoms with Gasteiger partial charge in [-0.15, -0.1) is 0 Å². The number of anilines is 1. The molecule has 3 N–H and O–H groups in total. The second-order valence-corrected chi connectivity index (χ2v) is 9.11. The number of rotatable bonds is 4. The number of benzene rings is 1. The van der Waals surface area contributed by atoms with E-state index in [1.165, 1.54) is 4.90 Å². The molecule has 0 spiro atoms. The number of carbonyl (C=O) groups excluding carboxylic acids is 1. The Morgan fingerprint density at radius 3 is 2.00 bits per heavy atom. The first-order valence-electron chi connectivity index (χ1n) is 11.1. The molecule has 1 saturated heterocycles. The first-order chi connectivity index (χ1) is 18.4. The minimum absolute atomic E-state index is 0.0712. The lowest BCUT2D eigenvalue weighted by Gasteiger charge is -2.34. The Balaban J connectivity index is 1.97. The average Bonchev–Trinajstić information content (AvgIpc) is 3.16. The van der Waals surface area contributed by atoms with Gasteiger partial charge >= 0.3 is 12.4 Å². The monoisotopic (exact) mass is 584 g/mol. The van der Waals surface area contributed by atoms with E-state index in [0.29, 0.717) is 4.57 Å². The van der Waals surface area contributed by atoms with Crippen LogP contribution < -0.4 is 15.6 Å². The van der Waals surface area contributed by atoms with Gasteiger partial charge < -0.3 is 20.4 Å². The highest BCUT2D eigenvalue weighted by atomic mass is 19.4. The number of aromatic nitrogens is 2. The van der Waals surface area contributed by atoms with Crippen LogP contribution >= 0.6 is 0 Å². The molecule has 2 aromatic heterocycles. The number of amides is 1. The standard InChI is InChI=1S/C23H17F9N4O4/c1-21(22(27,28)29,23(30,31)32)34-20(40)11-6-36(17-12(25)4-9(24)5-13(17)26)19-10(18(11)39)2-3-16(33-19)35-7-14(37)15(38)8-35/h2-6,14-15,37-38H,7-8H2,1H3,(H,34,40)/t14-,15-/m1/s1. The van der Waals surface area contributed by atoms with Gasteiger partial charge in [-0.25, -0.2) is 18.2 Å². The topological polar surface area (TPSA) is 108 Å². The summed E-state index contributed by atoms with van der Waals surface area (Å²) >= 11 is 0. The number of fused-ring (bicyclic) bond motifs is 1. The van der Waals surface area contributed by atoms with E-state index in [1.54, 1.807) is 0 Å². The second kappa shape index (κ2) is 9.65. The quantitative estimate of drug-likeness (QED) is 0.408. The molecule has 0 aliphatic carbocycles. The molecule has 2 atom stereocenters. The lowest BCUT2D eigenvalue weighted by molar-refractivity contribution is -0.297. The number of nitrogens with one attached hydrogen (secondary N) is 1. The van der Waals surface area contributed by atoms with Crippen LogP contribution in [0.5, 0.6) is 0 Å². The van der Waals surface area contributed by atoms with Gasteiger partial charge in [-0.05, 0) is 19.1 Å². The summed E-state index contributed by atoms with van der Waals surface area (Å²) in [4.78, 5) is 31.2. The predicted octanol–water partition coefficient (Wildman–Crippen LogP) is 2.96. The van der Waals surface area contributed by atoms with Crippen LogP contribution in [0.25, 0.3) is 16.7 Å². The Bertz CT molecular complexity index is 1510. The Morgan fingerprint density at radius 2 is 1.50 bits per heavy atom. The molecule has 0 unspecified atom stereocenters. The number of β-amino-alcohol motifs (C(OH)–C–C–N with tert-alkyl or cyclic N) is 2. The normalized spacial score (nSPS) is 18.4. The van der Waals surface area contributed by atoms with Crippen molar-refractivity contribution < 1.29 is 54.5 Å². The third kappa shape index (κ3) is 4.83. The molecule has 3 heterocycles. The van der Waals surface area contributed by atoms with E-state index in [-0.39, 0.29) is 44.2 Å². The Labute approximate surface area is 217 Å². The second-order valence-electron chi connectivity index (χ2n) is 9.11. The van der Waals surface area contributed by atoms with Crippen LogP contribution in [0, 0.1) is 17.5 Å². The van der Waals surface area contributed by atoms with Crippen molar-refractivity contribution in [1.82, 2.24) is 14.9 Å². The molecular weight excluding hydrogens is 567 g/mol. The average molecular weight is 584 g/mol. The fourth-order valence-corrected chi connectivity index (χ4v) is 4.02. The molecule has 0 radical (unpaired) electrons. The molecule has 3 aromatic rings. The van der Waals surface area contributed by atoms with Crippen molar-refractivity contribution >= 4 is 22.8 Å². The molecule has 1 aromatic carbocycles. The molecule has 0 saturated carbocycles. The van der Waals surface area contributed by atoms with Crippen LogP contribution in [0.3, 0.4) is 0 Å². The summed E-state index contributed by atoms with van der Waals surface area (Å²) in [5.74, 6) is -6.89. The first kappa shape index (κ1) is 29.1. The van der Waals surface area contributed by atoms with E-state index >= 15 is 0 Å². The SMILES string of the molecule is CC(NC(=O)c1cn(-c2c(F)cc(F)cc2F)c2nc(N3C[C@@H](O)[C@H](O)C3)ccc2c1=O)(C(F)(F)F)C(F)(F)F. The van der Waals surface area contributed by atoms with Crippen LogP contribution in [0.1, 0.15) is 17.3 Å². The number of hydrogen-bond acceptors (Lipinski definition) is 6. The zero-order valence-corrected chi connectivity index (χ0v) is 19.9. The lowest BCUT2D eigenvalue weighted by atomic mass is 10.00. The van der Waals surface area contributed by atoms with Gasteiger partial charge in [0, 0.05) is 31.4 Å². The molecule has 1 aliphatic rings. The molecule has 1 aliphatic heterocycles. The third-order valence-corrected chi connectivity index (χ3v) is 6.38. The highest BCUT2D eigenvalue weighted by molar-refractivity contribution is 5.98. The van der Waals surface area contributed by atoms with Crippen molar-refractivity contribution in [2.45, 2.75) is 37.0 Å². The maximum atomic E-state index is 14.8. The molecule has 40 heavy (non-hydrogen) atoms. The summed E-state index contributed by atoms with van der Waals surface area (Å²) < 4.78 is 124. The van der Waals surface area contributed by atoms with Gasteiger partial charge in [0.1, 0.15) is 22.9 Å². The zero-order valence-electron chi connectivity index (χ0n) is 19.9. The summed E-state index contributed by atoms with van der Waals surface area (Å²) in [6, 6.07) is 2.43. The van der Waals surface area contributed by atoms with Crippen molar-refractivity contribution in [1.29, 1.82) is 0 Å². The van der Waals surface area contributed by atoms with E-state index in [9.17, 15) is 59.3 Å². The molecule has 8 nitrogen and oxygen atoms in total. The summed E-state index contributed by atoms with van der Waals surface area (Å²) in [7, 11) is 0. The highest BCUT2D eigenvalue weighted by Crippen LogP contribution is 2.43. The van der Waals surface area contributed by atoms with E-state index < -0.39 is 81.2 Å². The molecule has 0 bridgehead atoms. The number of alkyl halides is 6. The Morgan fingerprint density at radius 1 is 0.975 bits per heavy atom. The number of nitrogens with zero attached hydrogens (tertiary/aromatic N) is 3. The first-order valence-corrected chi connectivity index (χ1v) is 11.1. The van der Waals surface area contributed by atoms with E-state index in [4.69, 9.17) is 0 Å². The number of pyridine rings is 2. The largest absolute Gasteiger partial charge is 0.420 e. The fraction of sp³-hybridized carbons (Fsp3) is 0.348. The molecule has 1 amide bonds. The third-order valence-electron chi connectivity index (χ3n) is 6.38. The maximum Gasteiger partial charge on any atom is 0.420 e. The summed E-state index contributed by atoms with van der Waals surface area (Å²) in [6.07, 6.45) is -14.3. The fourth-order valence-electron chi connectivity index (χ4n) is 4.02. The van der Waals surface area contributed by atoms with Crippen LogP contribution in [0.4, 0.5) is 45.3 Å². The van der Waals surface area contributed by atoms with Crippen molar-refractivity contribution in [2.24, 2.45) is 0 Å². The van der Waals surface area contributed by atoms with Gasteiger partial charge in [0.15, 0.2) is 17.3 Å². The number of aliphatic hydroxyl groups is 2. The molecule has 4 rings (SSSR count). The minimum atomic E-state index is -6.08. The Hall–Kier alpha value is -3.86. The highest BCUT2D eigenvalue weighted by Gasteiger charge is 2.68. The summed E-state index contributed by atoms with van der Waals surface area (Å²) in [5.41, 5.74) is -9.44. The van der Waals surface area contributed by atoms with Crippen LogP contribution in [0.15, 0.2) is 35.3 Å². The lowest BCUT2D eigenvalue weighted by Crippen LogP contribution is -2.65. The van der Waals surface area contributed by atoms with Gasteiger partial charge in [-0.3, -0.25) is 14.2 Å². The van der Waals surface area contributed by atoms with Gasteiger partial charge in [0.2, 0.25) is 11.0 Å². The van der Waals surface area contributed by atoms with Crippen molar-refractivity contribution in [2.75, 3.05) is 18.0 Å².